The quantitative estimate of drug-likeness (QED) is 0.386. The third kappa shape index (κ3) is 3.89. The predicted molar refractivity (Wildman–Crippen MR) is 130 cm³/mol. The van der Waals surface area contributed by atoms with Crippen LogP contribution in [-0.2, 0) is 4.74 Å². The first-order chi connectivity index (χ1) is 16.1. The van der Waals surface area contributed by atoms with Crippen molar-refractivity contribution in [3.8, 4) is 33.6 Å². The van der Waals surface area contributed by atoms with Crippen molar-refractivity contribution in [2.24, 2.45) is 0 Å². The Morgan fingerprint density at radius 1 is 1.03 bits per heavy atom. The van der Waals surface area contributed by atoms with Crippen LogP contribution in [0.3, 0.4) is 0 Å². The Hall–Kier alpha value is -3.58. The molecule has 0 bridgehead atoms. The maximum Gasteiger partial charge on any atom is 0.340 e. The summed E-state index contributed by atoms with van der Waals surface area (Å²) in [6, 6.07) is 16.1. The van der Waals surface area contributed by atoms with Crippen LogP contribution in [-0.4, -0.2) is 42.4 Å². The molecule has 2 aromatic heterocycles. The van der Waals surface area contributed by atoms with E-state index in [1.165, 1.54) is 24.1 Å². The number of H-pyrrole nitrogens is 1. The van der Waals surface area contributed by atoms with E-state index in [1.54, 1.807) is 24.5 Å². The number of ether oxygens (including phenoxy) is 1. The van der Waals surface area contributed by atoms with E-state index in [4.69, 9.17) is 4.74 Å². The standard InChI is InChI=1S/C26H22FN3O2S/c1-30-13-14-33-21-8-5-18(15-20(21)30)25-23(26(31)32-2)22(16-9-11-28-12-10-16)24(29-25)17-3-6-19(27)7-4-17/h3-12,15,29H,13-14H2,1-2H3. The first-order valence-electron chi connectivity index (χ1n) is 10.6. The molecule has 166 valence electrons. The first-order valence-corrected chi connectivity index (χ1v) is 11.5. The summed E-state index contributed by atoms with van der Waals surface area (Å²) in [6.45, 7) is 0.957. The molecule has 0 saturated carbocycles. The SMILES string of the molecule is COC(=O)c1c(-c2ccc3c(c2)N(C)CCS3)[nH]c(-c2ccc(F)cc2)c1-c1ccncc1. The van der Waals surface area contributed by atoms with Crippen LogP contribution in [0.5, 0.6) is 0 Å². The Kier molecular flexibility index (Phi) is 5.64. The summed E-state index contributed by atoms with van der Waals surface area (Å²) in [4.78, 5) is 24.1. The summed E-state index contributed by atoms with van der Waals surface area (Å²) in [7, 11) is 3.45. The molecule has 0 radical (unpaired) electrons. The smallest absolute Gasteiger partial charge is 0.340 e. The normalized spacial score (nSPS) is 13.0. The van der Waals surface area contributed by atoms with Crippen LogP contribution in [0.2, 0.25) is 0 Å². The minimum absolute atomic E-state index is 0.320. The minimum atomic E-state index is -0.443. The highest BCUT2D eigenvalue weighted by molar-refractivity contribution is 7.99. The molecule has 0 unspecified atom stereocenters. The van der Waals surface area contributed by atoms with Gasteiger partial charge in [-0.2, -0.15) is 0 Å². The molecule has 0 saturated heterocycles. The van der Waals surface area contributed by atoms with E-state index in [1.807, 2.05) is 30.0 Å². The van der Waals surface area contributed by atoms with E-state index in [0.717, 1.165) is 40.4 Å². The van der Waals surface area contributed by atoms with Gasteiger partial charge in [0, 0.05) is 47.8 Å². The number of methoxy groups -OCH3 is 1. The van der Waals surface area contributed by atoms with Gasteiger partial charge in [0.1, 0.15) is 5.82 Å². The zero-order valence-corrected chi connectivity index (χ0v) is 19.1. The van der Waals surface area contributed by atoms with Crippen LogP contribution < -0.4 is 4.90 Å². The number of carbonyl (C=O) groups is 1. The maximum absolute atomic E-state index is 13.7. The van der Waals surface area contributed by atoms with E-state index in [0.29, 0.717) is 16.8 Å². The summed E-state index contributed by atoms with van der Waals surface area (Å²) in [5, 5.41) is 0. The lowest BCUT2D eigenvalue weighted by Gasteiger charge is -2.27. The molecule has 1 aliphatic rings. The van der Waals surface area contributed by atoms with E-state index in [-0.39, 0.29) is 5.82 Å². The van der Waals surface area contributed by atoms with Crippen LogP contribution in [0, 0.1) is 5.82 Å². The number of thioether (sulfide) groups is 1. The van der Waals surface area contributed by atoms with Crippen LogP contribution in [0.25, 0.3) is 33.6 Å². The van der Waals surface area contributed by atoms with E-state index >= 15 is 0 Å². The number of fused-ring (bicyclic) bond motifs is 1. The molecule has 1 aliphatic heterocycles. The molecular formula is C26H22FN3O2S. The van der Waals surface area contributed by atoms with Gasteiger partial charge < -0.3 is 14.6 Å². The largest absolute Gasteiger partial charge is 0.465 e. The second-order valence-electron chi connectivity index (χ2n) is 7.81. The lowest BCUT2D eigenvalue weighted by Crippen LogP contribution is -2.24. The molecule has 2 aromatic carbocycles. The van der Waals surface area contributed by atoms with E-state index in [2.05, 4.69) is 34.0 Å². The maximum atomic E-state index is 13.7. The van der Waals surface area contributed by atoms with Gasteiger partial charge in [-0.15, -0.1) is 11.8 Å². The molecule has 5 rings (SSSR count). The van der Waals surface area contributed by atoms with Crippen molar-refractivity contribution in [2.75, 3.05) is 31.4 Å². The number of nitrogens with zero attached hydrogens (tertiary/aromatic N) is 2. The molecular weight excluding hydrogens is 437 g/mol. The molecule has 0 aliphatic carbocycles. The number of rotatable bonds is 4. The van der Waals surface area contributed by atoms with Crippen molar-refractivity contribution in [3.63, 3.8) is 0 Å². The molecule has 5 nitrogen and oxygen atoms in total. The highest BCUT2D eigenvalue weighted by atomic mass is 32.2. The number of esters is 1. The number of aromatic nitrogens is 2. The van der Waals surface area contributed by atoms with Crippen molar-refractivity contribution in [3.05, 3.63) is 78.4 Å². The van der Waals surface area contributed by atoms with Crippen LogP contribution in [0.4, 0.5) is 10.1 Å². The van der Waals surface area contributed by atoms with Crippen molar-refractivity contribution in [2.45, 2.75) is 4.90 Å². The molecule has 4 aromatic rings. The molecule has 1 N–H and O–H groups in total. The molecule has 0 atom stereocenters. The van der Waals surface area contributed by atoms with Crippen LogP contribution in [0.15, 0.2) is 71.9 Å². The Morgan fingerprint density at radius 3 is 2.48 bits per heavy atom. The van der Waals surface area contributed by atoms with E-state index in [9.17, 15) is 9.18 Å². The number of hydrogen-bond donors (Lipinski definition) is 1. The third-order valence-electron chi connectivity index (χ3n) is 5.83. The van der Waals surface area contributed by atoms with Crippen molar-refractivity contribution < 1.29 is 13.9 Å². The topological polar surface area (TPSA) is 58.2 Å². The average molecular weight is 460 g/mol. The minimum Gasteiger partial charge on any atom is -0.465 e. The van der Waals surface area contributed by atoms with Gasteiger partial charge in [0.25, 0.3) is 0 Å². The number of anilines is 1. The molecule has 3 heterocycles. The van der Waals surface area contributed by atoms with Crippen molar-refractivity contribution in [1.82, 2.24) is 9.97 Å². The van der Waals surface area contributed by atoms with Gasteiger partial charge in [-0.25, -0.2) is 9.18 Å². The van der Waals surface area contributed by atoms with Gasteiger partial charge in [0.2, 0.25) is 0 Å². The Morgan fingerprint density at radius 2 is 1.76 bits per heavy atom. The summed E-state index contributed by atoms with van der Waals surface area (Å²) in [5.74, 6) is 0.279. The van der Waals surface area contributed by atoms with Crippen molar-refractivity contribution in [1.29, 1.82) is 0 Å². The number of halogens is 1. The Labute approximate surface area is 195 Å². The number of benzene rings is 2. The average Bonchev–Trinajstić information content (AvgIpc) is 3.25. The third-order valence-corrected chi connectivity index (χ3v) is 6.88. The van der Waals surface area contributed by atoms with Crippen molar-refractivity contribution >= 4 is 23.4 Å². The van der Waals surface area contributed by atoms with Gasteiger partial charge >= 0.3 is 5.97 Å². The van der Waals surface area contributed by atoms with Gasteiger partial charge in [-0.3, -0.25) is 4.98 Å². The van der Waals surface area contributed by atoms with Gasteiger partial charge in [-0.1, -0.05) is 6.07 Å². The van der Waals surface area contributed by atoms with Crippen LogP contribution >= 0.6 is 11.8 Å². The van der Waals surface area contributed by atoms with Gasteiger partial charge in [-0.05, 0) is 59.7 Å². The fourth-order valence-corrected chi connectivity index (χ4v) is 5.28. The summed E-state index contributed by atoms with van der Waals surface area (Å²) < 4.78 is 18.9. The second-order valence-corrected chi connectivity index (χ2v) is 8.95. The summed E-state index contributed by atoms with van der Waals surface area (Å²) in [6.07, 6.45) is 3.37. The number of pyridine rings is 1. The van der Waals surface area contributed by atoms with Crippen LogP contribution in [0.1, 0.15) is 10.4 Å². The molecule has 0 amide bonds. The molecule has 0 spiro atoms. The number of carbonyl (C=O) groups excluding carboxylic acids is 1. The second kappa shape index (κ2) is 8.75. The van der Waals surface area contributed by atoms with E-state index < -0.39 is 5.97 Å². The molecule has 33 heavy (non-hydrogen) atoms. The molecule has 0 fully saturated rings. The Balaban J connectivity index is 1.79. The molecule has 7 heteroatoms. The first kappa shape index (κ1) is 21.3. The highest BCUT2D eigenvalue weighted by Crippen LogP contribution is 2.43. The monoisotopic (exact) mass is 459 g/mol. The fraction of sp³-hybridized carbons (Fsp3) is 0.154. The highest BCUT2D eigenvalue weighted by Gasteiger charge is 2.27. The van der Waals surface area contributed by atoms with Gasteiger partial charge in [0.05, 0.1) is 29.7 Å². The number of hydrogen-bond acceptors (Lipinski definition) is 5. The predicted octanol–water partition coefficient (Wildman–Crippen LogP) is 5.88. The number of nitrogens with one attached hydrogen (secondary N) is 1. The zero-order valence-electron chi connectivity index (χ0n) is 18.3. The lowest BCUT2D eigenvalue weighted by molar-refractivity contribution is 0.0602. The zero-order chi connectivity index (χ0) is 22.9. The fourth-order valence-electron chi connectivity index (χ4n) is 4.17. The lowest BCUT2D eigenvalue weighted by atomic mass is 9.96. The van der Waals surface area contributed by atoms with Gasteiger partial charge in [0.15, 0.2) is 0 Å². The summed E-state index contributed by atoms with van der Waals surface area (Å²) >= 11 is 1.83. The Bertz CT molecular complexity index is 1320. The summed E-state index contributed by atoms with van der Waals surface area (Å²) in [5.41, 5.74) is 6.12. The number of aromatic amines is 1.